The van der Waals surface area contributed by atoms with E-state index in [1.807, 2.05) is 12.1 Å². The lowest BCUT2D eigenvalue weighted by Gasteiger charge is -2.27. The van der Waals surface area contributed by atoms with Gasteiger partial charge in [-0.1, -0.05) is 55.8 Å². The molecule has 0 aliphatic heterocycles. The molecule has 0 saturated heterocycles. The summed E-state index contributed by atoms with van der Waals surface area (Å²) in [5.74, 6) is 1.47. The molecule has 1 aliphatic rings. The van der Waals surface area contributed by atoms with Gasteiger partial charge in [0, 0.05) is 23.9 Å². The summed E-state index contributed by atoms with van der Waals surface area (Å²) in [7, 11) is 0. The standard InChI is InChI=1S/C25H31NO/c1-3-20-14-15-22(25(27)24-13-8-16-26-18-24)11-7-12-23(20)17-19(2)21-9-5-4-6-10-21/h4-6,8-10,13,16-20,22H,3,7,11-12,14-15H2,1-2H3/b23-17-. The number of ketones is 1. The van der Waals surface area contributed by atoms with Gasteiger partial charge < -0.3 is 0 Å². The number of hydrogen-bond acceptors (Lipinski definition) is 2. The molecule has 1 aliphatic carbocycles. The van der Waals surface area contributed by atoms with Gasteiger partial charge in [0.15, 0.2) is 5.78 Å². The molecule has 2 nitrogen and oxygen atoms in total. The number of aromatic nitrogens is 1. The molecule has 0 amide bonds. The van der Waals surface area contributed by atoms with Gasteiger partial charge in [0.2, 0.25) is 0 Å². The van der Waals surface area contributed by atoms with Crippen molar-refractivity contribution in [3.05, 3.63) is 77.6 Å². The number of allylic oxidation sites excluding steroid dienone is 2. The molecule has 3 atom stereocenters. The Labute approximate surface area is 163 Å². The zero-order valence-corrected chi connectivity index (χ0v) is 16.6. The fourth-order valence-corrected chi connectivity index (χ4v) is 4.35. The average Bonchev–Trinajstić information content (AvgIpc) is 2.71. The topological polar surface area (TPSA) is 30.0 Å². The van der Waals surface area contributed by atoms with E-state index in [0.717, 1.165) is 44.1 Å². The van der Waals surface area contributed by atoms with Crippen LogP contribution in [0.15, 0.2) is 66.5 Å². The molecule has 2 aromatic rings. The predicted molar refractivity (Wildman–Crippen MR) is 112 cm³/mol. The first-order valence-corrected chi connectivity index (χ1v) is 10.4. The Bertz CT molecular complexity index is 750. The van der Waals surface area contributed by atoms with Gasteiger partial charge in [0.25, 0.3) is 0 Å². The van der Waals surface area contributed by atoms with Gasteiger partial charge >= 0.3 is 0 Å². The maximum Gasteiger partial charge on any atom is 0.167 e. The van der Waals surface area contributed by atoms with Crippen molar-refractivity contribution >= 4 is 5.78 Å². The van der Waals surface area contributed by atoms with Crippen LogP contribution in [-0.4, -0.2) is 10.8 Å². The normalized spacial score (nSPS) is 23.4. The quantitative estimate of drug-likeness (QED) is 0.443. The van der Waals surface area contributed by atoms with E-state index < -0.39 is 0 Å². The summed E-state index contributed by atoms with van der Waals surface area (Å²) in [6.07, 6.45) is 12.4. The number of rotatable bonds is 5. The van der Waals surface area contributed by atoms with Crippen LogP contribution in [0.3, 0.4) is 0 Å². The van der Waals surface area contributed by atoms with Gasteiger partial charge in [-0.25, -0.2) is 0 Å². The Morgan fingerprint density at radius 3 is 2.67 bits per heavy atom. The maximum absolute atomic E-state index is 12.8. The molecule has 1 saturated carbocycles. The van der Waals surface area contributed by atoms with Crippen molar-refractivity contribution in [3.63, 3.8) is 0 Å². The van der Waals surface area contributed by atoms with E-state index in [0.29, 0.717) is 11.8 Å². The molecule has 0 radical (unpaired) electrons. The van der Waals surface area contributed by atoms with Crippen LogP contribution in [0.25, 0.3) is 0 Å². The minimum Gasteiger partial charge on any atom is -0.294 e. The van der Waals surface area contributed by atoms with Crippen LogP contribution >= 0.6 is 0 Å². The van der Waals surface area contributed by atoms with E-state index in [9.17, 15) is 4.79 Å². The Balaban J connectivity index is 1.70. The maximum atomic E-state index is 12.8. The van der Waals surface area contributed by atoms with E-state index >= 15 is 0 Å². The second kappa shape index (κ2) is 9.64. The highest BCUT2D eigenvalue weighted by Crippen LogP contribution is 2.35. The number of carbonyl (C=O) groups is 1. The molecule has 1 heterocycles. The lowest BCUT2D eigenvalue weighted by atomic mass is 9.78. The van der Waals surface area contributed by atoms with E-state index in [-0.39, 0.29) is 11.7 Å². The van der Waals surface area contributed by atoms with Gasteiger partial charge in [-0.05, 0) is 68.1 Å². The van der Waals surface area contributed by atoms with Crippen LogP contribution in [0.4, 0.5) is 0 Å². The smallest absolute Gasteiger partial charge is 0.167 e. The van der Waals surface area contributed by atoms with Gasteiger partial charge in [-0.2, -0.15) is 0 Å². The van der Waals surface area contributed by atoms with Crippen LogP contribution < -0.4 is 0 Å². The molecule has 0 spiro atoms. The molecule has 1 aromatic heterocycles. The molecule has 0 N–H and O–H groups in total. The summed E-state index contributed by atoms with van der Waals surface area (Å²) in [4.78, 5) is 17.0. The summed E-state index contributed by atoms with van der Waals surface area (Å²) in [6, 6.07) is 14.5. The van der Waals surface area contributed by atoms with E-state index in [2.05, 4.69) is 55.2 Å². The van der Waals surface area contributed by atoms with Crippen LogP contribution in [0, 0.1) is 11.8 Å². The number of Topliss-reactive ketones (excluding diaryl/α,β-unsaturated/α-hetero) is 1. The highest BCUT2D eigenvalue weighted by Gasteiger charge is 2.25. The summed E-state index contributed by atoms with van der Waals surface area (Å²) in [5.41, 5.74) is 3.75. The molecular weight excluding hydrogens is 330 g/mol. The van der Waals surface area contributed by atoms with E-state index in [1.165, 1.54) is 5.56 Å². The summed E-state index contributed by atoms with van der Waals surface area (Å²) >= 11 is 0. The first kappa shape index (κ1) is 19.5. The predicted octanol–water partition coefficient (Wildman–Crippen LogP) is 6.60. The second-order valence-electron chi connectivity index (χ2n) is 7.82. The molecule has 142 valence electrons. The first-order valence-electron chi connectivity index (χ1n) is 10.4. The van der Waals surface area contributed by atoms with Gasteiger partial charge in [0.05, 0.1) is 0 Å². The summed E-state index contributed by atoms with van der Waals surface area (Å²) in [5, 5.41) is 0. The Hall–Kier alpha value is -2.22. The van der Waals surface area contributed by atoms with Crippen molar-refractivity contribution in [2.75, 3.05) is 0 Å². The van der Waals surface area contributed by atoms with E-state index in [4.69, 9.17) is 0 Å². The van der Waals surface area contributed by atoms with E-state index in [1.54, 1.807) is 18.0 Å². The van der Waals surface area contributed by atoms with Crippen molar-refractivity contribution in [2.24, 2.45) is 11.8 Å². The van der Waals surface area contributed by atoms with Crippen molar-refractivity contribution in [1.82, 2.24) is 4.98 Å². The van der Waals surface area contributed by atoms with Crippen LogP contribution in [-0.2, 0) is 0 Å². The van der Waals surface area contributed by atoms with Gasteiger partial charge in [-0.15, -0.1) is 0 Å². The minimum atomic E-state index is 0.149. The Morgan fingerprint density at radius 2 is 1.96 bits per heavy atom. The minimum absolute atomic E-state index is 0.149. The Morgan fingerprint density at radius 1 is 1.15 bits per heavy atom. The number of hydrogen-bond donors (Lipinski definition) is 0. The number of benzene rings is 1. The zero-order chi connectivity index (χ0) is 19.1. The van der Waals surface area contributed by atoms with Crippen molar-refractivity contribution < 1.29 is 4.79 Å². The number of pyridine rings is 1. The lowest BCUT2D eigenvalue weighted by molar-refractivity contribution is 0.0896. The molecule has 1 fully saturated rings. The third-order valence-electron chi connectivity index (χ3n) is 6.01. The fourth-order valence-electron chi connectivity index (χ4n) is 4.35. The van der Waals surface area contributed by atoms with Gasteiger partial charge in [0.1, 0.15) is 0 Å². The largest absolute Gasteiger partial charge is 0.294 e. The SMILES string of the molecule is CCC1CCC(C(=O)c2cccnc2)CCC/C1=C/C(C)c1ccccc1. The lowest BCUT2D eigenvalue weighted by Crippen LogP contribution is -2.20. The van der Waals surface area contributed by atoms with Crippen molar-refractivity contribution in [1.29, 1.82) is 0 Å². The summed E-state index contributed by atoms with van der Waals surface area (Å²) in [6.45, 7) is 4.58. The van der Waals surface area contributed by atoms with Crippen molar-refractivity contribution in [3.8, 4) is 0 Å². The van der Waals surface area contributed by atoms with Crippen molar-refractivity contribution in [2.45, 2.75) is 58.3 Å². The highest BCUT2D eigenvalue weighted by molar-refractivity contribution is 5.97. The molecule has 3 unspecified atom stereocenters. The number of carbonyl (C=O) groups excluding carboxylic acids is 1. The average molecular weight is 362 g/mol. The molecule has 27 heavy (non-hydrogen) atoms. The molecule has 1 aromatic carbocycles. The number of nitrogens with zero attached hydrogens (tertiary/aromatic N) is 1. The van der Waals surface area contributed by atoms with Crippen LogP contribution in [0.2, 0.25) is 0 Å². The molecule has 0 bridgehead atoms. The third-order valence-corrected chi connectivity index (χ3v) is 6.01. The van der Waals surface area contributed by atoms with Gasteiger partial charge in [-0.3, -0.25) is 9.78 Å². The van der Waals surface area contributed by atoms with Crippen LogP contribution in [0.1, 0.15) is 74.2 Å². The zero-order valence-electron chi connectivity index (χ0n) is 16.6. The monoisotopic (exact) mass is 361 g/mol. The van der Waals surface area contributed by atoms with Crippen LogP contribution in [0.5, 0.6) is 0 Å². The fraction of sp³-hybridized carbons (Fsp3) is 0.440. The Kier molecular flexibility index (Phi) is 6.98. The molecular formula is C25H31NO. The molecule has 2 heteroatoms. The third kappa shape index (κ3) is 5.15. The highest BCUT2D eigenvalue weighted by atomic mass is 16.1. The molecule has 3 rings (SSSR count). The second-order valence-corrected chi connectivity index (χ2v) is 7.82. The summed E-state index contributed by atoms with van der Waals surface area (Å²) < 4.78 is 0. The first-order chi connectivity index (χ1) is 13.2.